The van der Waals surface area contributed by atoms with E-state index in [2.05, 4.69) is 18.7 Å². The van der Waals surface area contributed by atoms with E-state index in [0.717, 1.165) is 5.56 Å². The van der Waals surface area contributed by atoms with Crippen LogP contribution in [0.25, 0.3) is 0 Å². The van der Waals surface area contributed by atoms with E-state index < -0.39 is 12.2 Å². The molecule has 0 aliphatic heterocycles. The van der Waals surface area contributed by atoms with Crippen molar-refractivity contribution < 1.29 is 14.9 Å². The third-order valence-corrected chi connectivity index (χ3v) is 3.75. The molecule has 0 aromatic heterocycles. The summed E-state index contributed by atoms with van der Waals surface area (Å²) < 4.78 is 5.71. The first kappa shape index (κ1) is 17.4. The zero-order chi connectivity index (χ0) is 16.7. The Balaban J connectivity index is 2.17. The number of benzene rings is 2. The van der Waals surface area contributed by atoms with E-state index in [9.17, 15) is 15.5 Å². The van der Waals surface area contributed by atoms with Crippen molar-refractivity contribution in [1.82, 2.24) is 0 Å². The van der Waals surface area contributed by atoms with E-state index >= 15 is 0 Å². The van der Waals surface area contributed by atoms with Crippen LogP contribution in [0.2, 0.25) is 0 Å². The van der Waals surface area contributed by atoms with E-state index in [1.54, 1.807) is 18.2 Å². The van der Waals surface area contributed by atoms with Crippen molar-refractivity contribution in [3.05, 3.63) is 65.2 Å². The molecule has 2 N–H and O–H groups in total. The highest BCUT2D eigenvalue weighted by molar-refractivity contribution is 7.80. The number of nitrogens with zero attached hydrogens (tertiary/aromatic N) is 1. The van der Waals surface area contributed by atoms with Crippen LogP contribution in [-0.4, -0.2) is 22.1 Å². The molecular weight excluding hydrogens is 310 g/mol. The van der Waals surface area contributed by atoms with Crippen LogP contribution in [0.5, 0.6) is 5.75 Å². The molecule has 2 rings (SSSR count). The Labute approximate surface area is 141 Å². The normalized spacial score (nSPS) is 13.1. The molecule has 0 saturated carbocycles. The first-order valence-electron chi connectivity index (χ1n) is 7.33. The topological polar surface area (TPSA) is 73.5 Å². The minimum atomic E-state index is -1.03. The minimum Gasteiger partial charge on any atom is -0.488 e. The average molecular weight is 329 g/mol. The molecule has 2 unspecified atom stereocenters. The molecule has 120 valence electrons. The van der Waals surface area contributed by atoms with Gasteiger partial charge in [-0.15, -0.1) is 0 Å². The second-order valence-electron chi connectivity index (χ2n) is 5.17. The monoisotopic (exact) mass is 329 g/mol. The minimum absolute atomic E-state index is 0.328. The van der Waals surface area contributed by atoms with Crippen molar-refractivity contribution in [3.8, 4) is 11.8 Å². The van der Waals surface area contributed by atoms with Crippen LogP contribution in [0.4, 0.5) is 0 Å². The molecule has 2 aromatic rings. The van der Waals surface area contributed by atoms with Crippen molar-refractivity contribution >= 4 is 12.6 Å². The van der Waals surface area contributed by atoms with Gasteiger partial charge in [0, 0.05) is 0 Å². The van der Waals surface area contributed by atoms with Gasteiger partial charge in [0.2, 0.25) is 0 Å². The Morgan fingerprint density at radius 1 is 1.13 bits per heavy atom. The summed E-state index contributed by atoms with van der Waals surface area (Å²) in [5.41, 5.74) is 1.89. The van der Waals surface area contributed by atoms with E-state index in [4.69, 9.17) is 4.74 Å². The molecule has 0 heterocycles. The Morgan fingerprint density at radius 3 is 2.52 bits per heavy atom. The van der Waals surface area contributed by atoms with Crippen molar-refractivity contribution in [1.29, 1.82) is 5.26 Å². The molecule has 0 aliphatic rings. The zero-order valence-electron chi connectivity index (χ0n) is 12.6. The number of hydrogen-bond donors (Lipinski definition) is 3. The second-order valence-corrected chi connectivity index (χ2v) is 5.61. The first-order valence-corrected chi connectivity index (χ1v) is 7.96. The summed E-state index contributed by atoms with van der Waals surface area (Å²) in [6.45, 7) is 0.328. The van der Waals surface area contributed by atoms with E-state index in [0.29, 0.717) is 35.7 Å². The van der Waals surface area contributed by atoms with Crippen molar-refractivity contribution in [2.45, 2.75) is 25.2 Å². The summed E-state index contributed by atoms with van der Waals surface area (Å²) >= 11 is 4.05. The van der Waals surface area contributed by atoms with E-state index in [1.807, 2.05) is 30.3 Å². The molecule has 2 aromatic carbocycles. The predicted octanol–water partition coefficient (Wildman–Crippen LogP) is 2.85. The summed E-state index contributed by atoms with van der Waals surface area (Å²) in [6, 6.07) is 16.5. The highest BCUT2D eigenvalue weighted by Gasteiger charge is 2.19. The van der Waals surface area contributed by atoms with E-state index in [-0.39, 0.29) is 0 Å². The number of rotatable bonds is 7. The summed E-state index contributed by atoms with van der Waals surface area (Å²) in [5.74, 6) is 0.872. The number of thiol groups is 1. The van der Waals surface area contributed by atoms with Gasteiger partial charge >= 0.3 is 0 Å². The lowest BCUT2D eigenvalue weighted by molar-refractivity contribution is 0.0171. The summed E-state index contributed by atoms with van der Waals surface area (Å²) in [6.07, 6.45) is -1.55. The average Bonchev–Trinajstić information content (AvgIpc) is 2.60. The fourth-order valence-electron chi connectivity index (χ4n) is 2.18. The van der Waals surface area contributed by atoms with Gasteiger partial charge < -0.3 is 14.9 Å². The van der Waals surface area contributed by atoms with Crippen molar-refractivity contribution in [2.24, 2.45) is 0 Å². The van der Waals surface area contributed by atoms with Gasteiger partial charge in [-0.05, 0) is 35.4 Å². The van der Waals surface area contributed by atoms with Crippen molar-refractivity contribution in [2.75, 3.05) is 5.75 Å². The second kappa shape index (κ2) is 8.59. The quantitative estimate of drug-likeness (QED) is 0.683. The molecule has 0 fully saturated rings. The lowest BCUT2D eigenvalue weighted by Gasteiger charge is -2.18. The predicted molar refractivity (Wildman–Crippen MR) is 91.4 cm³/mol. The fraction of sp³-hybridized carbons (Fsp3) is 0.278. The highest BCUT2D eigenvalue weighted by atomic mass is 32.1. The summed E-state index contributed by atoms with van der Waals surface area (Å²) in [4.78, 5) is 0. The molecular formula is C18H19NO3S. The molecule has 23 heavy (non-hydrogen) atoms. The van der Waals surface area contributed by atoms with E-state index in [1.165, 1.54) is 0 Å². The fourth-order valence-corrected chi connectivity index (χ4v) is 2.45. The van der Waals surface area contributed by atoms with Gasteiger partial charge in [-0.25, -0.2) is 0 Å². The third-order valence-electron chi connectivity index (χ3n) is 3.49. The summed E-state index contributed by atoms with van der Waals surface area (Å²) in [5, 5.41) is 29.2. The lowest BCUT2D eigenvalue weighted by Crippen LogP contribution is -2.18. The molecule has 0 saturated heterocycles. The number of aliphatic hydroxyl groups excluding tert-OH is 2. The van der Waals surface area contributed by atoms with Gasteiger partial charge in [0.15, 0.2) is 0 Å². The standard InChI is InChI=1S/C18H19NO3S/c19-11-15-7-6-14(18(21)16(20)8-9-23)10-17(15)22-12-13-4-2-1-3-5-13/h1-7,10,16,18,20-21,23H,8-9,12H2. The van der Waals surface area contributed by atoms with Crippen LogP contribution < -0.4 is 4.74 Å². The maximum Gasteiger partial charge on any atom is 0.137 e. The Bertz CT molecular complexity index is 670. The molecule has 4 nitrogen and oxygen atoms in total. The maximum atomic E-state index is 10.2. The summed E-state index contributed by atoms with van der Waals surface area (Å²) in [7, 11) is 0. The highest BCUT2D eigenvalue weighted by Crippen LogP contribution is 2.27. The Morgan fingerprint density at radius 2 is 1.87 bits per heavy atom. The van der Waals surface area contributed by atoms with Crippen LogP contribution in [0.15, 0.2) is 48.5 Å². The largest absolute Gasteiger partial charge is 0.488 e. The van der Waals surface area contributed by atoms with Gasteiger partial charge in [-0.1, -0.05) is 36.4 Å². The third kappa shape index (κ3) is 4.73. The zero-order valence-corrected chi connectivity index (χ0v) is 13.5. The molecule has 2 atom stereocenters. The number of hydrogen-bond acceptors (Lipinski definition) is 5. The van der Waals surface area contributed by atoms with Crippen LogP contribution in [0.1, 0.15) is 29.2 Å². The van der Waals surface area contributed by atoms with Crippen LogP contribution in [0, 0.1) is 11.3 Å². The molecule has 0 radical (unpaired) electrons. The van der Waals surface area contributed by atoms with Gasteiger partial charge in [-0.3, -0.25) is 0 Å². The number of aliphatic hydroxyl groups is 2. The number of nitriles is 1. The molecule has 0 aliphatic carbocycles. The van der Waals surface area contributed by atoms with Gasteiger partial charge in [0.1, 0.15) is 24.5 Å². The van der Waals surface area contributed by atoms with Crippen molar-refractivity contribution in [3.63, 3.8) is 0 Å². The van der Waals surface area contributed by atoms with Crippen LogP contribution >= 0.6 is 12.6 Å². The lowest BCUT2D eigenvalue weighted by atomic mass is 10.0. The van der Waals surface area contributed by atoms with Crippen LogP contribution in [-0.2, 0) is 6.61 Å². The van der Waals surface area contributed by atoms with Gasteiger partial charge in [0.25, 0.3) is 0 Å². The van der Waals surface area contributed by atoms with Crippen LogP contribution in [0.3, 0.4) is 0 Å². The molecule has 5 heteroatoms. The Kier molecular flexibility index (Phi) is 6.48. The Hall–Kier alpha value is -2.00. The maximum absolute atomic E-state index is 10.2. The molecule has 0 bridgehead atoms. The van der Waals surface area contributed by atoms with Gasteiger partial charge in [-0.2, -0.15) is 17.9 Å². The van der Waals surface area contributed by atoms with Gasteiger partial charge in [0.05, 0.1) is 11.7 Å². The smallest absolute Gasteiger partial charge is 0.137 e. The molecule has 0 amide bonds. The first-order chi connectivity index (χ1) is 11.2. The molecule has 0 spiro atoms. The SMILES string of the molecule is N#Cc1ccc(C(O)C(O)CCS)cc1OCc1ccccc1. The number of ether oxygens (including phenoxy) is 1.